The molecule has 2 N–H and O–H groups in total. The molecule has 0 unspecified atom stereocenters. The molecule has 1 atom stereocenters. The molecule has 14 heteroatoms. The number of halogens is 3. The molecule has 0 bridgehead atoms. The van der Waals surface area contributed by atoms with Gasteiger partial charge in [0.2, 0.25) is 16.9 Å². The summed E-state index contributed by atoms with van der Waals surface area (Å²) in [5, 5.41) is 2.86. The SMILES string of the molecule is CC(=O)NS(=O)(=O)c1nc(Cl)ccc1N[C@H](C)c1cc(C)cc2c(=O)n(C)c(N3CCC(F)(F)CC3)nc12. The number of sulfonamides is 1. The summed E-state index contributed by atoms with van der Waals surface area (Å²) in [6.07, 6.45) is -0.677. The second-order valence-corrected chi connectivity index (χ2v) is 11.4. The van der Waals surface area contributed by atoms with Crippen molar-refractivity contribution in [2.24, 2.45) is 7.05 Å². The average Bonchev–Trinajstić information content (AvgIpc) is 2.81. The number of hydrogen-bond donors (Lipinski definition) is 2. The van der Waals surface area contributed by atoms with Crippen LogP contribution in [-0.2, 0) is 21.9 Å². The summed E-state index contributed by atoms with van der Waals surface area (Å²) in [5.74, 6) is -3.27. The van der Waals surface area contributed by atoms with Gasteiger partial charge in [-0.1, -0.05) is 17.7 Å². The monoisotopic (exact) mass is 568 g/mol. The summed E-state index contributed by atoms with van der Waals surface area (Å²) in [5.41, 5.74) is 1.46. The number of fused-ring (bicyclic) bond motifs is 1. The van der Waals surface area contributed by atoms with Crippen molar-refractivity contribution in [3.8, 4) is 0 Å². The Morgan fingerprint density at radius 1 is 1.18 bits per heavy atom. The molecule has 3 aromatic rings. The van der Waals surface area contributed by atoms with E-state index < -0.39 is 32.9 Å². The summed E-state index contributed by atoms with van der Waals surface area (Å²) in [6, 6.07) is 5.74. The molecule has 1 fully saturated rings. The maximum Gasteiger partial charge on any atom is 0.283 e. The van der Waals surface area contributed by atoms with Crippen LogP contribution in [0.2, 0.25) is 5.15 Å². The number of rotatable bonds is 6. The maximum atomic E-state index is 13.8. The van der Waals surface area contributed by atoms with E-state index >= 15 is 0 Å². The van der Waals surface area contributed by atoms with Gasteiger partial charge in [-0.05, 0) is 37.6 Å². The molecule has 0 saturated carbocycles. The van der Waals surface area contributed by atoms with Crippen molar-refractivity contribution in [3.05, 3.63) is 50.9 Å². The number of carbonyl (C=O) groups is 1. The lowest BCUT2D eigenvalue weighted by Crippen LogP contribution is -2.42. The number of benzene rings is 1. The molecule has 0 radical (unpaired) electrons. The Bertz CT molecular complexity index is 1590. The van der Waals surface area contributed by atoms with Gasteiger partial charge in [-0.15, -0.1) is 0 Å². The number of nitrogens with zero attached hydrogens (tertiary/aromatic N) is 4. The molecular formula is C24H27ClF2N6O4S. The first-order valence-corrected chi connectivity index (χ1v) is 13.7. The number of amides is 1. The fraction of sp³-hybridized carbons (Fsp3) is 0.417. The summed E-state index contributed by atoms with van der Waals surface area (Å²) >= 11 is 5.94. The van der Waals surface area contributed by atoms with Crippen LogP contribution in [0, 0.1) is 6.92 Å². The van der Waals surface area contributed by atoms with Crippen molar-refractivity contribution in [1.82, 2.24) is 19.3 Å². The quantitative estimate of drug-likeness (QED) is 0.433. The Balaban J connectivity index is 1.80. The highest BCUT2D eigenvalue weighted by Gasteiger charge is 2.35. The lowest BCUT2D eigenvalue weighted by Gasteiger charge is -2.33. The van der Waals surface area contributed by atoms with Crippen LogP contribution in [0.15, 0.2) is 34.1 Å². The molecule has 1 aromatic carbocycles. The number of piperidine rings is 1. The van der Waals surface area contributed by atoms with Crippen LogP contribution in [0.5, 0.6) is 0 Å². The topological polar surface area (TPSA) is 126 Å². The number of anilines is 2. The van der Waals surface area contributed by atoms with Gasteiger partial charge in [-0.25, -0.2) is 23.5 Å². The van der Waals surface area contributed by atoms with Gasteiger partial charge < -0.3 is 10.2 Å². The molecule has 0 spiro atoms. The van der Waals surface area contributed by atoms with Gasteiger partial charge in [0, 0.05) is 45.5 Å². The van der Waals surface area contributed by atoms with Gasteiger partial charge in [-0.3, -0.25) is 14.2 Å². The third-order valence-electron chi connectivity index (χ3n) is 6.31. The van der Waals surface area contributed by atoms with Crippen molar-refractivity contribution in [1.29, 1.82) is 0 Å². The molecule has 1 saturated heterocycles. The van der Waals surface area contributed by atoms with Crippen LogP contribution >= 0.6 is 11.6 Å². The van der Waals surface area contributed by atoms with E-state index in [1.54, 1.807) is 24.9 Å². The standard InChI is InChI=1S/C24H27ClF2N6O4S/c1-13-11-16(14(2)28-18-5-6-19(25)29-21(18)38(36,37)31-15(3)34)20-17(12-13)22(35)32(4)23(30-20)33-9-7-24(26,27)8-10-33/h5-6,11-12,14,28H,7-10H2,1-4H3,(H,31,34)/t14-/m1/s1. The molecule has 2 aromatic heterocycles. The second-order valence-electron chi connectivity index (χ2n) is 9.38. The van der Waals surface area contributed by atoms with E-state index in [0.29, 0.717) is 16.5 Å². The fourth-order valence-corrected chi connectivity index (χ4v) is 5.78. The molecule has 0 aliphatic carbocycles. The zero-order valence-electron chi connectivity index (χ0n) is 21.2. The zero-order chi connectivity index (χ0) is 28.0. The van der Waals surface area contributed by atoms with Crippen LogP contribution in [0.25, 0.3) is 10.9 Å². The van der Waals surface area contributed by atoms with Crippen molar-refractivity contribution < 1.29 is 22.0 Å². The average molecular weight is 569 g/mol. The third-order valence-corrected chi connectivity index (χ3v) is 7.89. The van der Waals surface area contributed by atoms with Crippen LogP contribution in [0.4, 0.5) is 20.4 Å². The number of aryl methyl sites for hydroxylation is 1. The van der Waals surface area contributed by atoms with Crippen molar-refractivity contribution >= 4 is 50.1 Å². The summed E-state index contributed by atoms with van der Waals surface area (Å²) in [6.45, 7) is 4.72. The summed E-state index contributed by atoms with van der Waals surface area (Å²) < 4.78 is 56.2. The molecule has 1 aliphatic heterocycles. The van der Waals surface area contributed by atoms with Crippen LogP contribution in [-0.4, -0.2) is 47.9 Å². The van der Waals surface area contributed by atoms with Crippen molar-refractivity contribution in [2.45, 2.75) is 50.6 Å². The molecule has 1 aliphatic rings. The largest absolute Gasteiger partial charge is 0.376 e. The number of carbonyl (C=O) groups excluding carboxylic acids is 1. The highest BCUT2D eigenvalue weighted by atomic mass is 35.5. The van der Waals surface area contributed by atoms with Gasteiger partial charge in [-0.2, -0.15) is 8.42 Å². The molecule has 38 heavy (non-hydrogen) atoms. The summed E-state index contributed by atoms with van der Waals surface area (Å²) in [7, 11) is -2.77. The number of aromatic nitrogens is 3. The molecule has 4 rings (SSSR count). The molecule has 10 nitrogen and oxygen atoms in total. The molecule has 204 valence electrons. The molecule has 3 heterocycles. The maximum absolute atomic E-state index is 13.8. The minimum Gasteiger partial charge on any atom is -0.376 e. The minimum atomic E-state index is -4.33. The summed E-state index contributed by atoms with van der Waals surface area (Å²) in [4.78, 5) is 35.1. The number of nitrogens with one attached hydrogen (secondary N) is 2. The van der Waals surface area contributed by atoms with E-state index in [1.807, 2.05) is 17.7 Å². The van der Waals surface area contributed by atoms with Gasteiger partial charge in [0.1, 0.15) is 5.15 Å². The Morgan fingerprint density at radius 3 is 2.47 bits per heavy atom. The van der Waals surface area contributed by atoms with Crippen LogP contribution < -0.4 is 20.5 Å². The van der Waals surface area contributed by atoms with E-state index in [2.05, 4.69) is 10.3 Å². The Labute approximate surface area is 223 Å². The smallest absolute Gasteiger partial charge is 0.283 e. The lowest BCUT2D eigenvalue weighted by molar-refractivity contribution is -0.117. The minimum absolute atomic E-state index is 0.0502. The molecular weight excluding hydrogens is 542 g/mol. The number of hydrogen-bond acceptors (Lipinski definition) is 8. The zero-order valence-corrected chi connectivity index (χ0v) is 22.8. The number of pyridine rings is 1. The van der Waals surface area contributed by atoms with Crippen LogP contribution in [0.3, 0.4) is 0 Å². The van der Waals surface area contributed by atoms with E-state index in [1.165, 1.54) is 16.7 Å². The van der Waals surface area contributed by atoms with Crippen molar-refractivity contribution in [3.63, 3.8) is 0 Å². The highest BCUT2D eigenvalue weighted by molar-refractivity contribution is 7.90. The first kappa shape index (κ1) is 27.7. The van der Waals surface area contributed by atoms with E-state index in [-0.39, 0.29) is 48.3 Å². The van der Waals surface area contributed by atoms with Gasteiger partial charge in [0.15, 0.2) is 0 Å². The van der Waals surface area contributed by atoms with E-state index in [0.717, 1.165) is 12.5 Å². The highest BCUT2D eigenvalue weighted by Crippen LogP contribution is 2.32. The first-order chi connectivity index (χ1) is 17.7. The van der Waals surface area contributed by atoms with Gasteiger partial charge in [0.25, 0.3) is 21.5 Å². The van der Waals surface area contributed by atoms with Gasteiger partial charge >= 0.3 is 0 Å². The fourth-order valence-electron chi connectivity index (χ4n) is 4.47. The Morgan fingerprint density at radius 2 is 1.84 bits per heavy atom. The normalized spacial score (nSPS) is 16.3. The van der Waals surface area contributed by atoms with E-state index in [4.69, 9.17) is 16.6 Å². The predicted molar refractivity (Wildman–Crippen MR) is 140 cm³/mol. The third kappa shape index (κ3) is 5.58. The molecule has 1 amide bonds. The van der Waals surface area contributed by atoms with Crippen LogP contribution in [0.1, 0.15) is 43.9 Å². The van der Waals surface area contributed by atoms with Crippen molar-refractivity contribution in [2.75, 3.05) is 23.3 Å². The number of alkyl halides is 2. The Hall–Kier alpha value is -3.32. The first-order valence-electron chi connectivity index (χ1n) is 11.8. The predicted octanol–water partition coefficient (Wildman–Crippen LogP) is 3.52. The van der Waals surface area contributed by atoms with Gasteiger partial charge in [0.05, 0.1) is 22.6 Å². The van der Waals surface area contributed by atoms with E-state index in [9.17, 15) is 26.8 Å². The second kappa shape index (κ2) is 10.1. The lowest BCUT2D eigenvalue weighted by atomic mass is 10.0. The Kier molecular flexibility index (Phi) is 7.36.